The number of nitrogens with zero attached hydrogens (tertiary/aromatic N) is 2. The summed E-state index contributed by atoms with van der Waals surface area (Å²) in [7, 11) is 0. The number of hydrogen-bond acceptors (Lipinski definition) is 2. The standard InChI is InChI=1S/C19H20N2/c1-14(15-6-3-2-4-7-15)21-18-10-9-16(12-18)19(21)17-8-5-11-20-13-17/h2-11,13-14,16,18-19H,12H2,1H3/t14-,16?,18?,19?/m0/s1. The van der Waals surface area contributed by atoms with Crippen molar-refractivity contribution in [3.8, 4) is 0 Å². The van der Waals surface area contributed by atoms with E-state index >= 15 is 0 Å². The molecule has 1 saturated heterocycles. The largest absolute Gasteiger partial charge is 0.283 e. The van der Waals surface area contributed by atoms with Gasteiger partial charge in [0.1, 0.15) is 0 Å². The third kappa shape index (κ3) is 2.11. The molecular weight excluding hydrogens is 256 g/mol. The molecule has 1 aromatic heterocycles. The molecule has 0 radical (unpaired) electrons. The van der Waals surface area contributed by atoms with Crippen molar-refractivity contribution < 1.29 is 0 Å². The van der Waals surface area contributed by atoms with Crippen molar-refractivity contribution >= 4 is 0 Å². The van der Waals surface area contributed by atoms with Gasteiger partial charge >= 0.3 is 0 Å². The Bertz CT molecular complexity index is 635. The van der Waals surface area contributed by atoms with Gasteiger partial charge in [-0.1, -0.05) is 48.6 Å². The van der Waals surface area contributed by atoms with E-state index in [1.165, 1.54) is 17.5 Å². The number of likely N-dealkylation sites (tertiary alicyclic amines) is 1. The molecule has 0 spiro atoms. The minimum Gasteiger partial charge on any atom is -0.283 e. The van der Waals surface area contributed by atoms with Crippen molar-refractivity contribution in [2.24, 2.45) is 5.92 Å². The van der Waals surface area contributed by atoms with E-state index in [1.54, 1.807) is 0 Å². The van der Waals surface area contributed by atoms with Crippen LogP contribution in [0.15, 0.2) is 67.0 Å². The van der Waals surface area contributed by atoms with Gasteiger partial charge in [0.15, 0.2) is 0 Å². The summed E-state index contributed by atoms with van der Waals surface area (Å²) in [4.78, 5) is 6.99. The molecule has 0 amide bonds. The molecule has 0 N–H and O–H groups in total. The Balaban J connectivity index is 1.71. The van der Waals surface area contributed by atoms with Crippen molar-refractivity contribution in [1.29, 1.82) is 0 Å². The number of pyridine rings is 1. The SMILES string of the molecule is C[C@@H](c1ccccc1)N1C2C=CC(C2)C1c1cccnc1. The van der Waals surface area contributed by atoms with Gasteiger partial charge in [0, 0.05) is 30.5 Å². The van der Waals surface area contributed by atoms with E-state index in [1.807, 2.05) is 12.4 Å². The van der Waals surface area contributed by atoms with Crippen LogP contribution in [-0.4, -0.2) is 15.9 Å². The van der Waals surface area contributed by atoms with Crippen molar-refractivity contribution in [3.05, 3.63) is 78.1 Å². The highest BCUT2D eigenvalue weighted by Crippen LogP contribution is 2.49. The van der Waals surface area contributed by atoms with Gasteiger partial charge in [-0.2, -0.15) is 0 Å². The number of hydrogen-bond donors (Lipinski definition) is 0. The summed E-state index contributed by atoms with van der Waals surface area (Å²) in [6.07, 6.45) is 9.92. The molecule has 1 aromatic carbocycles. The number of rotatable bonds is 3. The molecule has 2 aromatic rings. The second-order valence-electron chi connectivity index (χ2n) is 6.12. The van der Waals surface area contributed by atoms with Crippen LogP contribution in [-0.2, 0) is 0 Å². The molecule has 1 fully saturated rings. The summed E-state index contributed by atoms with van der Waals surface area (Å²) >= 11 is 0. The summed E-state index contributed by atoms with van der Waals surface area (Å²) in [6, 6.07) is 16.6. The zero-order chi connectivity index (χ0) is 14.2. The smallest absolute Gasteiger partial charge is 0.0438 e. The van der Waals surface area contributed by atoms with E-state index in [0.717, 1.165) is 0 Å². The van der Waals surface area contributed by atoms with Crippen molar-refractivity contribution in [3.63, 3.8) is 0 Å². The fourth-order valence-corrected chi connectivity index (χ4v) is 3.99. The second kappa shape index (κ2) is 5.12. The molecule has 4 rings (SSSR count). The molecule has 106 valence electrons. The third-order valence-corrected chi connectivity index (χ3v) is 4.96. The highest BCUT2D eigenvalue weighted by molar-refractivity contribution is 5.29. The van der Waals surface area contributed by atoms with Crippen LogP contribution in [0.25, 0.3) is 0 Å². The Labute approximate surface area is 126 Å². The fourth-order valence-electron chi connectivity index (χ4n) is 3.99. The lowest BCUT2D eigenvalue weighted by Gasteiger charge is -2.37. The van der Waals surface area contributed by atoms with Gasteiger partial charge in [-0.05, 0) is 36.5 Å². The highest BCUT2D eigenvalue weighted by atomic mass is 15.2. The van der Waals surface area contributed by atoms with E-state index in [0.29, 0.717) is 24.0 Å². The maximum atomic E-state index is 4.33. The first-order valence-electron chi connectivity index (χ1n) is 7.75. The zero-order valence-corrected chi connectivity index (χ0v) is 12.3. The van der Waals surface area contributed by atoms with Crippen molar-refractivity contribution in [1.82, 2.24) is 9.88 Å². The summed E-state index contributed by atoms with van der Waals surface area (Å²) in [5, 5.41) is 0. The summed E-state index contributed by atoms with van der Waals surface area (Å²) < 4.78 is 0. The molecule has 1 aliphatic heterocycles. The number of aromatic nitrogens is 1. The average molecular weight is 276 g/mol. The van der Waals surface area contributed by atoms with E-state index in [-0.39, 0.29) is 0 Å². The first kappa shape index (κ1) is 12.8. The average Bonchev–Trinajstić information content (AvgIpc) is 3.17. The Morgan fingerprint density at radius 3 is 2.71 bits per heavy atom. The molecule has 2 heteroatoms. The minimum absolute atomic E-state index is 0.427. The Morgan fingerprint density at radius 2 is 1.95 bits per heavy atom. The van der Waals surface area contributed by atoms with Crippen LogP contribution >= 0.6 is 0 Å². The van der Waals surface area contributed by atoms with Gasteiger partial charge in [0.05, 0.1) is 0 Å². The van der Waals surface area contributed by atoms with Crippen LogP contribution < -0.4 is 0 Å². The molecular formula is C19H20N2. The van der Waals surface area contributed by atoms with Gasteiger partial charge in [0.2, 0.25) is 0 Å². The lowest BCUT2D eigenvalue weighted by molar-refractivity contribution is 0.145. The third-order valence-electron chi connectivity index (χ3n) is 4.96. The minimum atomic E-state index is 0.427. The fraction of sp³-hybridized carbons (Fsp3) is 0.316. The van der Waals surface area contributed by atoms with Gasteiger partial charge < -0.3 is 0 Å². The summed E-state index contributed by atoms with van der Waals surface area (Å²) in [5.41, 5.74) is 2.74. The maximum Gasteiger partial charge on any atom is 0.0438 e. The summed E-state index contributed by atoms with van der Waals surface area (Å²) in [6.45, 7) is 2.33. The predicted octanol–water partition coefficient (Wildman–Crippen LogP) is 4.14. The molecule has 2 bridgehead atoms. The van der Waals surface area contributed by atoms with Gasteiger partial charge in [-0.15, -0.1) is 0 Å². The first-order chi connectivity index (χ1) is 10.3. The molecule has 21 heavy (non-hydrogen) atoms. The van der Waals surface area contributed by atoms with Crippen LogP contribution in [0, 0.1) is 5.92 Å². The lowest BCUT2D eigenvalue weighted by Crippen LogP contribution is -2.35. The zero-order valence-electron chi connectivity index (χ0n) is 12.3. The molecule has 2 heterocycles. The van der Waals surface area contributed by atoms with Crippen LogP contribution in [0.3, 0.4) is 0 Å². The Kier molecular flexibility index (Phi) is 3.12. The van der Waals surface area contributed by atoms with Crippen LogP contribution in [0.1, 0.15) is 36.6 Å². The molecule has 3 unspecified atom stereocenters. The van der Waals surface area contributed by atoms with Crippen LogP contribution in [0.5, 0.6) is 0 Å². The molecule has 2 aliphatic rings. The van der Waals surface area contributed by atoms with Gasteiger partial charge in [-0.25, -0.2) is 0 Å². The number of benzene rings is 1. The van der Waals surface area contributed by atoms with Crippen molar-refractivity contribution in [2.75, 3.05) is 0 Å². The van der Waals surface area contributed by atoms with E-state index in [9.17, 15) is 0 Å². The molecule has 1 aliphatic carbocycles. The second-order valence-corrected chi connectivity index (χ2v) is 6.12. The Hall–Kier alpha value is -1.93. The quantitative estimate of drug-likeness (QED) is 0.783. The van der Waals surface area contributed by atoms with Crippen LogP contribution in [0.4, 0.5) is 0 Å². The van der Waals surface area contributed by atoms with Gasteiger partial charge in [-0.3, -0.25) is 9.88 Å². The van der Waals surface area contributed by atoms with E-state index in [4.69, 9.17) is 0 Å². The first-order valence-corrected chi connectivity index (χ1v) is 7.75. The van der Waals surface area contributed by atoms with E-state index < -0.39 is 0 Å². The lowest BCUT2D eigenvalue weighted by atomic mass is 9.94. The van der Waals surface area contributed by atoms with Gasteiger partial charge in [0.25, 0.3) is 0 Å². The molecule has 4 atom stereocenters. The molecule has 2 nitrogen and oxygen atoms in total. The number of fused-ring (bicyclic) bond motifs is 2. The maximum absolute atomic E-state index is 4.33. The van der Waals surface area contributed by atoms with Crippen LogP contribution in [0.2, 0.25) is 0 Å². The topological polar surface area (TPSA) is 16.1 Å². The van der Waals surface area contributed by atoms with E-state index in [2.05, 4.69) is 71.4 Å². The Morgan fingerprint density at radius 1 is 1.10 bits per heavy atom. The molecule has 0 saturated carbocycles. The normalized spacial score (nSPS) is 28.9. The van der Waals surface area contributed by atoms with Crippen molar-refractivity contribution in [2.45, 2.75) is 31.5 Å². The monoisotopic (exact) mass is 276 g/mol. The summed E-state index contributed by atoms with van der Waals surface area (Å²) in [5.74, 6) is 0.630. The predicted molar refractivity (Wildman–Crippen MR) is 84.7 cm³/mol. The highest BCUT2D eigenvalue weighted by Gasteiger charge is 2.45.